The molecule has 2 heterocycles. The Kier molecular flexibility index (Phi) is 9.54. The quantitative estimate of drug-likeness (QED) is 0.254. The Balaban J connectivity index is 0.000000720. The Hall–Kier alpha value is -5.15. The van der Waals surface area contributed by atoms with Crippen LogP contribution in [0.5, 0.6) is 0 Å². The summed E-state index contributed by atoms with van der Waals surface area (Å²) in [5.41, 5.74) is 11.8. The summed E-state index contributed by atoms with van der Waals surface area (Å²) in [6, 6.07) is 56.1. The third-order valence-electron chi connectivity index (χ3n) is 8.11. The summed E-state index contributed by atoms with van der Waals surface area (Å²) in [7, 11) is -2.79. The maximum Gasteiger partial charge on any atom is 0.213 e. The fourth-order valence-corrected chi connectivity index (χ4v) is 5.89. The minimum atomic E-state index is -4.94. The second-order valence-corrected chi connectivity index (χ2v) is 11.9. The molecule has 8 heteroatoms. The molecule has 7 nitrogen and oxygen atoms in total. The van der Waals surface area contributed by atoms with Crippen molar-refractivity contribution in [3.8, 4) is 33.6 Å². The third kappa shape index (κ3) is 7.81. The van der Waals surface area contributed by atoms with E-state index in [9.17, 15) is 0 Å². The number of hydrazone groups is 1. The van der Waals surface area contributed by atoms with Crippen molar-refractivity contribution in [3.05, 3.63) is 169 Å². The van der Waals surface area contributed by atoms with E-state index in [0.717, 1.165) is 17.8 Å². The molecule has 47 heavy (non-hydrogen) atoms. The molecular weight excluding hydrogens is 610 g/mol. The van der Waals surface area contributed by atoms with Crippen molar-refractivity contribution in [2.45, 2.75) is 12.5 Å². The molecule has 7 rings (SSSR count). The van der Waals surface area contributed by atoms with E-state index >= 15 is 0 Å². The molecular formula is C39H32ClN3O4. The second kappa shape index (κ2) is 14.1. The third-order valence-corrected chi connectivity index (χ3v) is 8.11. The van der Waals surface area contributed by atoms with Gasteiger partial charge in [0.1, 0.15) is 7.05 Å². The Bertz CT molecular complexity index is 1880. The number of benzene rings is 5. The minimum absolute atomic E-state index is 0.150. The van der Waals surface area contributed by atoms with Gasteiger partial charge < -0.3 is 0 Å². The summed E-state index contributed by atoms with van der Waals surface area (Å²) >= 11 is 0. The fraction of sp³-hybridized carbons (Fsp3) is 0.0769. The summed E-state index contributed by atoms with van der Waals surface area (Å²) in [6.45, 7) is 0. The van der Waals surface area contributed by atoms with Crippen LogP contribution in [0.4, 0.5) is 5.69 Å². The zero-order chi connectivity index (χ0) is 32.8. The van der Waals surface area contributed by atoms with Gasteiger partial charge in [-0.05, 0) is 58.7 Å². The van der Waals surface area contributed by atoms with Crippen LogP contribution in [-0.2, 0) is 7.05 Å². The molecule has 0 bridgehead atoms. The first-order chi connectivity index (χ1) is 22.7. The van der Waals surface area contributed by atoms with E-state index in [4.69, 9.17) is 23.7 Å². The van der Waals surface area contributed by atoms with Crippen LogP contribution in [0.1, 0.15) is 23.6 Å². The molecule has 1 atom stereocenters. The van der Waals surface area contributed by atoms with Gasteiger partial charge in [-0.25, -0.2) is 18.6 Å². The summed E-state index contributed by atoms with van der Waals surface area (Å²) < 4.78 is 36.3. The van der Waals surface area contributed by atoms with Crippen molar-refractivity contribution >= 4 is 11.4 Å². The molecule has 6 aromatic rings. The number of hydrogen-bond donors (Lipinski definition) is 0. The van der Waals surface area contributed by atoms with Crippen LogP contribution < -0.4 is 28.2 Å². The van der Waals surface area contributed by atoms with Crippen LogP contribution >= 0.6 is 0 Å². The van der Waals surface area contributed by atoms with Gasteiger partial charge in [0.25, 0.3) is 0 Å². The molecule has 0 amide bonds. The maximum absolute atomic E-state index is 8.49. The number of aromatic nitrogens is 1. The highest BCUT2D eigenvalue weighted by Crippen LogP contribution is 2.38. The molecule has 0 fully saturated rings. The van der Waals surface area contributed by atoms with Crippen LogP contribution in [0.2, 0.25) is 0 Å². The van der Waals surface area contributed by atoms with E-state index in [1.54, 1.807) is 0 Å². The molecule has 0 aliphatic carbocycles. The molecule has 0 N–H and O–H groups in total. The Morgan fingerprint density at radius 1 is 0.553 bits per heavy atom. The summed E-state index contributed by atoms with van der Waals surface area (Å²) in [5.74, 6) is 0. The predicted molar refractivity (Wildman–Crippen MR) is 173 cm³/mol. The Morgan fingerprint density at radius 2 is 0.979 bits per heavy atom. The second-order valence-electron chi connectivity index (χ2n) is 11.1. The number of nitrogens with zero attached hydrogens (tertiary/aromatic N) is 3. The highest BCUT2D eigenvalue weighted by Gasteiger charge is 2.30. The van der Waals surface area contributed by atoms with Gasteiger partial charge in [0.05, 0.1) is 17.4 Å². The van der Waals surface area contributed by atoms with E-state index in [2.05, 4.69) is 174 Å². The van der Waals surface area contributed by atoms with E-state index in [0.29, 0.717) is 0 Å². The SMILES string of the molecule is C[n+]1c(-c2ccccc2)cc(-c2ccc(N3N=C(c4ccccc4)CC3c3ccccc3)cc2)cc1-c1ccccc1.[O-][Cl+3]([O-])([O-])[O-]. The van der Waals surface area contributed by atoms with Crippen LogP contribution in [0, 0.1) is 10.2 Å². The molecule has 5 aromatic carbocycles. The maximum atomic E-state index is 8.49. The Labute approximate surface area is 276 Å². The minimum Gasteiger partial charge on any atom is -0.257 e. The molecule has 0 spiro atoms. The first kappa shape index (κ1) is 31.8. The molecule has 0 saturated carbocycles. The van der Waals surface area contributed by atoms with Gasteiger partial charge in [0.2, 0.25) is 11.4 Å². The van der Waals surface area contributed by atoms with Gasteiger partial charge in [-0.2, -0.15) is 9.67 Å². The average Bonchev–Trinajstić information content (AvgIpc) is 3.55. The molecule has 1 unspecified atom stereocenters. The molecule has 1 aliphatic heterocycles. The van der Waals surface area contributed by atoms with Crippen molar-refractivity contribution in [1.29, 1.82) is 0 Å². The highest BCUT2D eigenvalue weighted by atomic mass is 35.7. The number of pyridine rings is 1. The van der Waals surface area contributed by atoms with E-state index in [1.807, 2.05) is 0 Å². The lowest BCUT2D eigenvalue weighted by Crippen LogP contribution is -2.68. The number of rotatable bonds is 6. The zero-order valence-electron chi connectivity index (χ0n) is 25.6. The van der Waals surface area contributed by atoms with Crippen molar-refractivity contribution < 1.29 is 33.4 Å². The van der Waals surface area contributed by atoms with Crippen molar-refractivity contribution in [2.24, 2.45) is 12.1 Å². The smallest absolute Gasteiger partial charge is 0.213 e. The lowest BCUT2D eigenvalue weighted by molar-refractivity contribution is -2.00. The summed E-state index contributed by atoms with van der Waals surface area (Å²) in [4.78, 5) is 0. The average molecular weight is 642 g/mol. The van der Waals surface area contributed by atoms with Gasteiger partial charge in [0, 0.05) is 29.7 Å². The van der Waals surface area contributed by atoms with Crippen LogP contribution in [0.3, 0.4) is 0 Å². The van der Waals surface area contributed by atoms with Gasteiger partial charge in [0.15, 0.2) is 0 Å². The molecule has 1 aromatic heterocycles. The van der Waals surface area contributed by atoms with Crippen molar-refractivity contribution in [1.82, 2.24) is 0 Å². The predicted octanol–water partition coefficient (Wildman–Crippen LogP) is 4.11. The molecule has 0 saturated heterocycles. The zero-order valence-corrected chi connectivity index (χ0v) is 26.4. The first-order valence-electron chi connectivity index (χ1n) is 15.1. The van der Waals surface area contributed by atoms with Crippen molar-refractivity contribution in [2.75, 3.05) is 5.01 Å². The van der Waals surface area contributed by atoms with E-state index < -0.39 is 10.2 Å². The largest absolute Gasteiger partial charge is 0.257 e. The standard InChI is InChI=1S/C39H32N3.ClHO4/c1-41-37(31-16-8-3-9-17-31)26-34(27-38(41)32-18-10-4-11-19-32)29-22-24-35(25-23-29)42-39(33-20-12-5-13-21-33)28-36(40-42)30-14-6-2-7-15-30;2-1(3,4)5/h2-27,39H,28H2,1H3;(H,2,3,4,5)/q+1;/p-1. The number of anilines is 1. The summed E-state index contributed by atoms with van der Waals surface area (Å²) in [6.07, 6.45) is 0.867. The monoisotopic (exact) mass is 641 g/mol. The lowest BCUT2D eigenvalue weighted by Gasteiger charge is -2.24. The fourth-order valence-electron chi connectivity index (χ4n) is 5.89. The highest BCUT2D eigenvalue weighted by molar-refractivity contribution is 6.03. The number of hydrogen-bond acceptors (Lipinski definition) is 6. The topological polar surface area (TPSA) is 112 Å². The lowest BCUT2D eigenvalue weighted by atomic mass is 9.97. The van der Waals surface area contributed by atoms with E-state index in [1.165, 1.54) is 44.8 Å². The molecule has 234 valence electrons. The molecule has 0 radical (unpaired) electrons. The van der Waals surface area contributed by atoms with Gasteiger partial charge >= 0.3 is 0 Å². The molecule has 1 aliphatic rings. The summed E-state index contributed by atoms with van der Waals surface area (Å²) in [5, 5.41) is 7.35. The van der Waals surface area contributed by atoms with E-state index in [-0.39, 0.29) is 6.04 Å². The normalized spacial score (nSPS) is 14.3. The van der Waals surface area contributed by atoms with Gasteiger partial charge in [-0.15, -0.1) is 10.2 Å². The number of halogens is 1. The first-order valence-corrected chi connectivity index (χ1v) is 16.3. The van der Waals surface area contributed by atoms with Crippen molar-refractivity contribution in [3.63, 3.8) is 0 Å². The van der Waals surface area contributed by atoms with Crippen LogP contribution in [-0.4, -0.2) is 5.71 Å². The van der Waals surface area contributed by atoms with Crippen LogP contribution in [0.25, 0.3) is 33.6 Å². The van der Waals surface area contributed by atoms with Gasteiger partial charge in [-0.3, -0.25) is 5.01 Å². The Morgan fingerprint density at radius 3 is 1.45 bits per heavy atom. The van der Waals surface area contributed by atoms with Gasteiger partial charge in [-0.1, -0.05) is 109 Å². The van der Waals surface area contributed by atoms with Crippen LogP contribution in [0.15, 0.2) is 163 Å².